The van der Waals surface area contributed by atoms with Gasteiger partial charge >= 0.3 is 0 Å². The first-order valence-corrected chi connectivity index (χ1v) is 7.24. The number of carbonyl (C=O) groups is 1. The Balaban J connectivity index is 2.20. The highest BCUT2D eigenvalue weighted by Gasteiger charge is 2.17. The van der Waals surface area contributed by atoms with Crippen molar-refractivity contribution < 1.29 is 19.0 Å². The van der Waals surface area contributed by atoms with Gasteiger partial charge in [0.05, 0.1) is 26.9 Å². The Kier molecular flexibility index (Phi) is 5.46. The normalized spacial score (nSPS) is 10.1. The molecular formula is C18H21NO4. The number of ether oxygens (including phenoxy) is 3. The van der Waals surface area contributed by atoms with Crippen molar-refractivity contribution in [3.8, 4) is 17.2 Å². The van der Waals surface area contributed by atoms with E-state index in [4.69, 9.17) is 14.2 Å². The van der Waals surface area contributed by atoms with E-state index in [1.165, 1.54) is 0 Å². The highest BCUT2D eigenvalue weighted by molar-refractivity contribution is 5.97. The molecule has 0 aromatic heterocycles. The zero-order valence-electron chi connectivity index (χ0n) is 13.8. The zero-order chi connectivity index (χ0) is 16.8. The van der Waals surface area contributed by atoms with Crippen LogP contribution in [-0.2, 0) is 6.54 Å². The maximum absolute atomic E-state index is 12.5. The first-order valence-electron chi connectivity index (χ1n) is 7.24. The van der Waals surface area contributed by atoms with Crippen molar-refractivity contribution in [2.75, 3.05) is 21.3 Å². The fourth-order valence-electron chi connectivity index (χ4n) is 2.46. The van der Waals surface area contributed by atoms with Crippen LogP contribution in [0.25, 0.3) is 0 Å². The lowest BCUT2D eigenvalue weighted by Crippen LogP contribution is -2.24. The summed E-state index contributed by atoms with van der Waals surface area (Å²) in [7, 11) is 4.73. The van der Waals surface area contributed by atoms with Gasteiger partial charge in [0.1, 0.15) is 17.2 Å². The maximum Gasteiger partial charge on any atom is 0.255 e. The third-order valence-corrected chi connectivity index (χ3v) is 3.66. The van der Waals surface area contributed by atoms with E-state index in [9.17, 15) is 4.79 Å². The van der Waals surface area contributed by atoms with E-state index in [-0.39, 0.29) is 5.91 Å². The number of hydrogen-bond acceptors (Lipinski definition) is 4. The molecule has 0 saturated heterocycles. The molecule has 0 aliphatic carbocycles. The topological polar surface area (TPSA) is 56.8 Å². The number of para-hydroxylation sites is 1. The van der Waals surface area contributed by atoms with Crippen molar-refractivity contribution in [1.82, 2.24) is 5.32 Å². The second-order valence-corrected chi connectivity index (χ2v) is 4.97. The Morgan fingerprint density at radius 3 is 2.30 bits per heavy atom. The number of methoxy groups -OCH3 is 3. The number of amides is 1. The molecule has 23 heavy (non-hydrogen) atoms. The lowest BCUT2D eigenvalue weighted by molar-refractivity contribution is 0.0947. The lowest BCUT2D eigenvalue weighted by Gasteiger charge is -2.15. The molecule has 0 spiro atoms. The molecule has 1 amide bonds. The van der Waals surface area contributed by atoms with Crippen LogP contribution in [0.5, 0.6) is 17.2 Å². The Morgan fingerprint density at radius 2 is 1.65 bits per heavy atom. The highest BCUT2D eigenvalue weighted by Crippen LogP contribution is 2.31. The molecule has 0 atom stereocenters. The second kappa shape index (κ2) is 7.54. The molecule has 1 N–H and O–H groups in total. The van der Waals surface area contributed by atoms with Crippen LogP contribution in [0.3, 0.4) is 0 Å². The van der Waals surface area contributed by atoms with Crippen LogP contribution < -0.4 is 19.5 Å². The van der Waals surface area contributed by atoms with Crippen LogP contribution in [0.1, 0.15) is 21.5 Å². The summed E-state index contributed by atoms with van der Waals surface area (Å²) in [5.41, 5.74) is 2.17. The lowest BCUT2D eigenvalue weighted by atomic mass is 10.1. The SMILES string of the molecule is COc1ccccc1CNC(=O)c1ccc(OC)c(C)c1OC. The van der Waals surface area contributed by atoms with Crippen molar-refractivity contribution >= 4 is 5.91 Å². The van der Waals surface area contributed by atoms with Gasteiger partial charge in [-0.15, -0.1) is 0 Å². The van der Waals surface area contributed by atoms with E-state index < -0.39 is 0 Å². The molecule has 0 bridgehead atoms. The Labute approximate surface area is 136 Å². The fourth-order valence-corrected chi connectivity index (χ4v) is 2.46. The molecule has 2 aromatic rings. The van der Waals surface area contributed by atoms with Gasteiger partial charge in [0.2, 0.25) is 0 Å². The van der Waals surface area contributed by atoms with Gasteiger partial charge in [0.25, 0.3) is 5.91 Å². The van der Waals surface area contributed by atoms with Crippen molar-refractivity contribution in [1.29, 1.82) is 0 Å². The van der Waals surface area contributed by atoms with Crippen molar-refractivity contribution in [3.05, 3.63) is 53.1 Å². The Hall–Kier alpha value is -2.69. The smallest absolute Gasteiger partial charge is 0.255 e. The minimum atomic E-state index is -0.210. The molecule has 0 heterocycles. The molecular weight excluding hydrogens is 294 g/mol. The van der Waals surface area contributed by atoms with Gasteiger partial charge < -0.3 is 19.5 Å². The predicted octanol–water partition coefficient (Wildman–Crippen LogP) is 2.95. The molecule has 0 radical (unpaired) electrons. The van der Waals surface area contributed by atoms with Gasteiger partial charge in [-0.25, -0.2) is 0 Å². The van der Waals surface area contributed by atoms with Crippen molar-refractivity contribution in [2.45, 2.75) is 13.5 Å². The van der Waals surface area contributed by atoms with Crippen LogP contribution in [0.4, 0.5) is 0 Å². The van der Waals surface area contributed by atoms with Gasteiger partial charge in [-0.2, -0.15) is 0 Å². The van der Waals surface area contributed by atoms with Gasteiger partial charge in [-0.1, -0.05) is 18.2 Å². The number of hydrogen-bond donors (Lipinski definition) is 1. The van der Waals surface area contributed by atoms with Crippen LogP contribution >= 0.6 is 0 Å². The van der Waals surface area contributed by atoms with E-state index in [2.05, 4.69) is 5.32 Å². The predicted molar refractivity (Wildman–Crippen MR) is 88.4 cm³/mol. The monoisotopic (exact) mass is 315 g/mol. The number of nitrogens with one attached hydrogen (secondary N) is 1. The minimum Gasteiger partial charge on any atom is -0.496 e. The summed E-state index contributed by atoms with van der Waals surface area (Å²) in [5.74, 6) is 1.73. The largest absolute Gasteiger partial charge is 0.496 e. The number of carbonyl (C=O) groups excluding carboxylic acids is 1. The molecule has 122 valence electrons. The summed E-state index contributed by atoms with van der Waals surface area (Å²) in [6.07, 6.45) is 0. The molecule has 0 aliphatic rings. The van der Waals surface area contributed by atoms with Gasteiger partial charge in [-0.3, -0.25) is 4.79 Å². The summed E-state index contributed by atoms with van der Waals surface area (Å²) in [4.78, 5) is 12.5. The molecule has 5 heteroatoms. The fraction of sp³-hybridized carbons (Fsp3) is 0.278. The summed E-state index contributed by atoms with van der Waals surface area (Å²) in [6.45, 7) is 2.23. The van der Waals surface area contributed by atoms with Crippen molar-refractivity contribution in [3.63, 3.8) is 0 Å². The molecule has 0 fully saturated rings. The summed E-state index contributed by atoms with van der Waals surface area (Å²) < 4.78 is 15.9. The third kappa shape index (κ3) is 3.56. The zero-order valence-corrected chi connectivity index (χ0v) is 13.8. The van der Waals surface area contributed by atoms with Crippen molar-refractivity contribution in [2.24, 2.45) is 0 Å². The molecule has 0 aliphatic heterocycles. The molecule has 5 nitrogen and oxygen atoms in total. The minimum absolute atomic E-state index is 0.210. The van der Waals surface area contributed by atoms with Gasteiger partial charge in [0, 0.05) is 17.7 Å². The van der Waals surface area contributed by atoms with E-state index in [1.54, 1.807) is 33.5 Å². The first-order chi connectivity index (χ1) is 11.1. The number of rotatable bonds is 6. The van der Waals surface area contributed by atoms with Crippen LogP contribution in [0.15, 0.2) is 36.4 Å². The van der Waals surface area contributed by atoms with Crippen LogP contribution in [0.2, 0.25) is 0 Å². The van der Waals surface area contributed by atoms with Crippen LogP contribution in [0, 0.1) is 6.92 Å². The van der Waals surface area contributed by atoms with Gasteiger partial charge in [-0.05, 0) is 25.1 Å². The van der Waals surface area contributed by atoms with E-state index in [1.807, 2.05) is 31.2 Å². The quantitative estimate of drug-likeness (QED) is 0.890. The molecule has 0 saturated carbocycles. The maximum atomic E-state index is 12.5. The average Bonchev–Trinajstić information content (AvgIpc) is 2.59. The average molecular weight is 315 g/mol. The summed E-state index contributed by atoms with van der Waals surface area (Å²) >= 11 is 0. The molecule has 0 unspecified atom stereocenters. The molecule has 2 aromatic carbocycles. The summed E-state index contributed by atoms with van der Waals surface area (Å²) in [6, 6.07) is 11.0. The standard InChI is InChI=1S/C18H21NO4/c1-12-15(21-2)10-9-14(17(12)23-4)18(20)19-11-13-7-5-6-8-16(13)22-3/h5-10H,11H2,1-4H3,(H,19,20). The Bertz CT molecular complexity index is 697. The number of benzene rings is 2. The van der Waals surface area contributed by atoms with E-state index in [0.717, 1.165) is 16.9 Å². The van der Waals surface area contributed by atoms with Gasteiger partial charge in [0.15, 0.2) is 0 Å². The highest BCUT2D eigenvalue weighted by atomic mass is 16.5. The summed E-state index contributed by atoms with van der Waals surface area (Å²) in [5, 5.41) is 2.89. The molecule has 2 rings (SSSR count). The first kappa shape index (κ1) is 16.7. The van der Waals surface area contributed by atoms with E-state index in [0.29, 0.717) is 23.6 Å². The van der Waals surface area contributed by atoms with E-state index >= 15 is 0 Å². The third-order valence-electron chi connectivity index (χ3n) is 3.66. The Morgan fingerprint density at radius 1 is 0.957 bits per heavy atom. The second-order valence-electron chi connectivity index (χ2n) is 4.97. The van der Waals surface area contributed by atoms with Crippen LogP contribution in [-0.4, -0.2) is 27.2 Å².